The first-order chi connectivity index (χ1) is 10.4. The van der Waals surface area contributed by atoms with E-state index in [1.54, 1.807) is 0 Å². The number of Topliss-reactive ketones (excluding diaryl/α,β-unsaturated/α-hetero) is 1. The molecule has 2 saturated heterocycles. The van der Waals surface area contributed by atoms with Gasteiger partial charge in [0.2, 0.25) is 0 Å². The normalized spacial score (nSPS) is 28.5. The van der Waals surface area contributed by atoms with Crippen LogP contribution in [0.4, 0.5) is 17.6 Å². The molecule has 6 heteroatoms. The molecule has 0 amide bonds. The van der Waals surface area contributed by atoms with Crippen molar-refractivity contribution in [3.63, 3.8) is 0 Å². The largest absolute Gasteiger partial charge is 0.419 e. The fourth-order valence-electron chi connectivity index (χ4n) is 3.51. The minimum atomic E-state index is -4.85. The second-order valence-electron chi connectivity index (χ2n) is 6.00. The van der Waals surface area contributed by atoms with Gasteiger partial charge >= 0.3 is 6.18 Å². The average Bonchev–Trinajstić information content (AvgIpc) is 2.44. The van der Waals surface area contributed by atoms with Crippen LogP contribution in [-0.2, 0) is 6.18 Å². The van der Waals surface area contributed by atoms with E-state index in [1.807, 2.05) is 11.8 Å². The smallest absolute Gasteiger partial charge is 0.294 e. The molecule has 0 aliphatic carbocycles. The van der Waals surface area contributed by atoms with Crippen LogP contribution in [0.15, 0.2) is 18.2 Å². The van der Waals surface area contributed by atoms with Gasteiger partial charge in [-0.3, -0.25) is 4.79 Å². The first kappa shape index (κ1) is 15.8. The summed E-state index contributed by atoms with van der Waals surface area (Å²) in [6.45, 7) is 0. The van der Waals surface area contributed by atoms with Crippen LogP contribution in [0.3, 0.4) is 0 Å². The number of rotatable bonds is 2. The summed E-state index contributed by atoms with van der Waals surface area (Å²) < 4.78 is 52.8. The third kappa shape index (κ3) is 3.03. The second kappa shape index (κ2) is 5.87. The lowest BCUT2D eigenvalue weighted by Gasteiger charge is -2.38. The first-order valence-corrected chi connectivity index (χ1v) is 8.36. The average molecular weight is 332 g/mol. The molecule has 0 N–H and O–H groups in total. The van der Waals surface area contributed by atoms with Gasteiger partial charge in [-0.1, -0.05) is 18.6 Å². The van der Waals surface area contributed by atoms with Gasteiger partial charge in [-0.05, 0) is 31.7 Å². The fraction of sp³-hybridized carbons (Fsp3) is 0.562. The van der Waals surface area contributed by atoms with Gasteiger partial charge in [0, 0.05) is 22.0 Å². The van der Waals surface area contributed by atoms with E-state index in [2.05, 4.69) is 0 Å². The lowest BCUT2D eigenvalue weighted by Crippen LogP contribution is -2.33. The number of carbonyl (C=O) groups excluding carboxylic acids is 1. The topological polar surface area (TPSA) is 17.1 Å². The number of carbonyl (C=O) groups is 1. The number of thioether (sulfide) groups is 1. The highest BCUT2D eigenvalue weighted by Gasteiger charge is 2.42. The zero-order valence-electron chi connectivity index (χ0n) is 11.8. The molecule has 0 radical (unpaired) electrons. The van der Waals surface area contributed by atoms with E-state index in [4.69, 9.17) is 0 Å². The SMILES string of the molecule is O=C(c1cccc(F)c1C(F)(F)F)C1CC2CCCC(C1)S2. The lowest BCUT2D eigenvalue weighted by molar-refractivity contribution is -0.140. The third-order valence-corrected chi connectivity index (χ3v) is 6.09. The van der Waals surface area contributed by atoms with Crippen LogP contribution < -0.4 is 0 Å². The zero-order chi connectivity index (χ0) is 15.9. The molecule has 2 fully saturated rings. The Bertz CT molecular complexity index is 572. The molecule has 2 aliphatic heterocycles. The molecule has 1 aromatic rings. The van der Waals surface area contributed by atoms with E-state index in [0.717, 1.165) is 31.4 Å². The number of alkyl halides is 3. The van der Waals surface area contributed by atoms with Crippen LogP contribution in [0.1, 0.15) is 48.0 Å². The standard InChI is InChI=1S/C16H16F4OS/c17-13-6-2-5-12(14(13)16(18,19)20)15(21)9-7-10-3-1-4-11(8-9)22-10/h2,5-6,9-11H,1,3-4,7-8H2. The Morgan fingerprint density at radius 3 is 2.36 bits per heavy atom. The number of benzene rings is 1. The van der Waals surface area contributed by atoms with Crippen LogP contribution in [0.2, 0.25) is 0 Å². The molecule has 2 atom stereocenters. The summed E-state index contributed by atoms with van der Waals surface area (Å²) in [7, 11) is 0. The Balaban J connectivity index is 1.91. The molecule has 1 aromatic carbocycles. The van der Waals surface area contributed by atoms with Gasteiger partial charge in [0.15, 0.2) is 5.78 Å². The van der Waals surface area contributed by atoms with Crippen molar-refractivity contribution in [2.24, 2.45) is 5.92 Å². The van der Waals surface area contributed by atoms with Gasteiger partial charge in [-0.15, -0.1) is 0 Å². The van der Waals surface area contributed by atoms with Crippen LogP contribution in [0.5, 0.6) is 0 Å². The Hall–Kier alpha value is -1.04. The molecular weight excluding hydrogens is 316 g/mol. The number of halogens is 4. The molecule has 0 spiro atoms. The summed E-state index contributed by atoms with van der Waals surface area (Å²) in [6.07, 6.45) is -0.491. The van der Waals surface area contributed by atoms with Gasteiger partial charge in [-0.2, -0.15) is 24.9 Å². The quantitative estimate of drug-likeness (QED) is 0.554. The molecule has 2 heterocycles. The Morgan fingerprint density at radius 1 is 1.14 bits per heavy atom. The van der Waals surface area contributed by atoms with Crippen LogP contribution in [0, 0.1) is 11.7 Å². The van der Waals surface area contributed by atoms with Crippen molar-refractivity contribution in [2.75, 3.05) is 0 Å². The Morgan fingerprint density at radius 2 is 1.77 bits per heavy atom. The van der Waals surface area contributed by atoms with Gasteiger partial charge < -0.3 is 0 Å². The maximum Gasteiger partial charge on any atom is 0.419 e. The van der Waals surface area contributed by atoms with E-state index >= 15 is 0 Å². The van der Waals surface area contributed by atoms with Crippen molar-refractivity contribution in [3.8, 4) is 0 Å². The fourth-order valence-corrected chi connectivity index (χ4v) is 5.35. The number of fused-ring (bicyclic) bond motifs is 2. The molecule has 1 nitrogen and oxygen atoms in total. The monoisotopic (exact) mass is 332 g/mol. The second-order valence-corrected chi connectivity index (χ2v) is 7.61. The van der Waals surface area contributed by atoms with E-state index < -0.39 is 34.8 Å². The van der Waals surface area contributed by atoms with Crippen LogP contribution in [-0.4, -0.2) is 16.3 Å². The highest BCUT2D eigenvalue weighted by Crippen LogP contribution is 2.45. The minimum Gasteiger partial charge on any atom is -0.294 e. The molecule has 3 rings (SSSR count). The predicted molar refractivity (Wildman–Crippen MR) is 77.5 cm³/mol. The summed E-state index contributed by atoms with van der Waals surface area (Å²) in [4.78, 5) is 12.6. The van der Waals surface area contributed by atoms with Crippen molar-refractivity contribution in [1.82, 2.24) is 0 Å². The summed E-state index contributed by atoms with van der Waals surface area (Å²) in [5, 5.41) is 0.702. The first-order valence-electron chi connectivity index (χ1n) is 7.41. The van der Waals surface area contributed by atoms with Crippen LogP contribution in [0.25, 0.3) is 0 Å². The predicted octanol–water partition coefficient (Wildman–Crippen LogP) is 5.09. The Labute approximate surface area is 130 Å². The molecule has 2 bridgehead atoms. The maximum absolute atomic E-state index is 13.6. The van der Waals surface area contributed by atoms with Gasteiger partial charge in [0.1, 0.15) is 11.4 Å². The van der Waals surface area contributed by atoms with Crippen molar-refractivity contribution in [2.45, 2.75) is 48.8 Å². The lowest BCUT2D eigenvalue weighted by atomic mass is 9.83. The Kier molecular flexibility index (Phi) is 4.23. The van der Waals surface area contributed by atoms with Gasteiger partial charge in [0.05, 0.1) is 0 Å². The van der Waals surface area contributed by atoms with Crippen LogP contribution >= 0.6 is 11.8 Å². The van der Waals surface area contributed by atoms with E-state index in [1.165, 1.54) is 6.07 Å². The summed E-state index contributed by atoms with van der Waals surface area (Å²) in [5.41, 5.74) is -1.93. The molecule has 0 saturated carbocycles. The van der Waals surface area contributed by atoms with Crippen molar-refractivity contribution >= 4 is 17.5 Å². The summed E-state index contributed by atoms with van der Waals surface area (Å²) >= 11 is 1.85. The highest BCUT2D eigenvalue weighted by molar-refractivity contribution is 8.00. The molecule has 2 aliphatic rings. The van der Waals surface area contributed by atoms with Gasteiger partial charge in [0.25, 0.3) is 0 Å². The van der Waals surface area contributed by atoms with Crippen molar-refractivity contribution in [1.29, 1.82) is 0 Å². The zero-order valence-corrected chi connectivity index (χ0v) is 12.6. The van der Waals surface area contributed by atoms with Crippen molar-refractivity contribution in [3.05, 3.63) is 35.1 Å². The minimum absolute atomic E-state index is 0.351. The molecular formula is C16H16F4OS. The summed E-state index contributed by atoms with van der Waals surface area (Å²) in [6, 6.07) is 3.03. The molecule has 120 valence electrons. The number of ketones is 1. The number of hydrogen-bond donors (Lipinski definition) is 0. The van der Waals surface area contributed by atoms with E-state index in [-0.39, 0.29) is 0 Å². The van der Waals surface area contributed by atoms with E-state index in [9.17, 15) is 22.4 Å². The summed E-state index contributed by atoms with van der Waals surface area (Å²) in [5.74, 6) is -2.34. The molecule has 0 aromatic heterocycles. The third-order valence-electron chi connectivity index (χ3n) is 4.47. The highest BCUT2D eigenvalue weighted by atomic mass is 32.2. The van der Waals surface area contributed by atoms with Crippen molar-refractivity contribution < 1.29 is 22.4 Å². The van der Waals surface area contributed by atoms with E-state index in [0.29, 0.717) is 23.3 Å². The maximum atomic E-state index is 13.6. The number of hydrogen-bond acceptors (Lipinski definition) is 2. The van der Waals surface area contributed by atoms with Gasteiger partial charge in [-0.25, -0.2) is 4.39 Å². The molecule has 22 heavy (non-hydrogen) atoms. The molecule has 2 unspecified atom stereocenters.